The first-order valence-electron chi connectivity index (χ1n) is 7.14. The Labute approximate surface area is 121 Å². The third kappa shape index (κ3) is 2.90. The molecule has 1 fully saturated rings. The maximum atomic E-state index is 12.8. The lowest BCUT2D eigenvalue weighted by Crippen LogP contribution is -2.38. The van der Waals surface area contributed by atoms with Gasteiger partial charge in [0.05, 0.1) is 11.0 Å². The minimum atomic E-state index is -3.47. The summed E-state index contributed by atoms with van der Waals surface area (Å²) >= 11 is 0. The molecule has 4 nitrogen and oxygen atoms in total. The molecule has 20 heavy (non-hydrogen) atoms. The molecule has 112 valence electrons. The molecule has 0 amide bonds. The Bertz CT molecular complexity index is 566. The van der Waals surface area contributed by atoms with Crippen LogP contribution in [0.2, 0.25) is 0 Å². The van der Waals surface area contributed by atoms with Gasteiger partial charge in [0.1, 0.15) is 0 Å². The Morgan fingerprint density at radius 3 is 2.60 bits per heavy atom. The smallest absolute Gasteiger partial charge is 0.243 e. The average Bonchev–Trinajstić information content (AvgIpc) is 2.89. The zero-order valence-electron chi connectivity index (χ0n) is 12.3. The lowest BCUT2D eigenvalue weighted by Gasteiger charge is -2.27. The average molecular weight is 297 g/mol. The van der Waals surface area contributed by atoms with Gasteiger partial charge in [-0.1, -0.05) is 26.0 Å². The fourth-order valence-corrected chi connectivity index (χ4v) is 4.68. The summed E-state index contributed by atoms with van der Waals surface area (Å²) < 4.78 is 27.2. The summed E-state index contributed by atoms with van der Waals surface area (Å²) in [7, 11) is -3.47. The van der Waals surface area contributed by atoms with Crippen LogP contribution in [0.1, 0.15) is 45.3 Å². The van der Waals surface area contributed by atoms with Gasteiger partial charge in [-0.2, -0.15) is 4.31 Å². The minimum absolute atomic E-state index is 0.0789. The van der Waals surface area contributed by atoms with E-state index in [1.807, 2.05) is 0 Å². The summed E-state index contributed by atoms with van der Waals surface area (Å²) in [6.07, 6.45) is 1.18. The molecule has 1 aromatic rings. The van der Waals surface area contributed by atoms with Gasteiger partial charge in [-0.25, -0.2) is 8.42 Å². The first kappa shape index (κ1) is 15.5. The normalized spacial score (nSPS) is 22.4. The molecule has 2 rings (SSSR count). The van der Waals surface area contributed by atoms with E-state index in [0.29, 0.717) is 18.0 Å². The molecule has 1 saturated heterocycles. The van der Waals surface area contributed by atoms with Gasteiger partial charge in [-0.15, -0.1) is 0 Å². The molecule has 2 unspecified atom stereocenters. The van der Waals surface area contributed by atoms with Crippen molar-refractivity contribution < 1.29 is 13.5 Å². The van der Waals surface area contributed by atoms with Gasteiger partial charge in [-0.05, 0) is 43.4 Å². The minimum Gasteiger partial charge on any atom is -0.389 e. The quantitative estimate of drug-likeness (QED) is 0.929. The molecule has 1 aliphatic heterocycles. The third-order valence-electron chi connectivity index (χ3n) is 3.96. The Hall–Kier alpha value is -0.910. The van der Waals surface area contributed by atoms with E-state index in [1.54, 1.807) is 35.5 Å². The number of hydrogen-bond donors (Lipinski definition) is 1. The molecule has 5 heteroatoms. The van der Waals surface area contributed by atoms with E-state index in [1.165, 1.54) is 0 Å². The van der Waals surface area contributed by atoms with Crippen LogP contribution in [0.4, 0.5) is 0 Å². The fraction of sp³-hybridized carbons (Fsp3) is 0.600. The summed E-state index contributed by atoms with van der Waals surface area (Å²) in [5, 5.41) is 9.61. The van der Waals surface area contributed by atoms with Crippen LogP contribution in [-0.2, 0) is 10.0 Å². The number of rotatable bonds is 4. The lowest BCUT2D eigenvalue weighted by atomic mass is 10.0. The van der Waals surface area contributed by atoms with Crippen LogP contribution < -0.4 is 0 Å². The second-order valence-corrected chi connectivity index (χ2v) is 7.71. The van der Waals surface area contributed by atoms with Gasteiger partial charge < -0.3 is 5.11 Å². The van der Waals surface area contributed by atoms with Gasteiger partial charge in [0, 0.05) is 12.6 Å². The highest BCUT2D eigenvalue weighted by Crippen LogP contribution is 2.30. The van der Waals surface area contributed by atoms with Gasteiger partial charge in [0.2, 0.25) is 10.0 Å². The first-order valence-corrected chi connectivity index (χ1v) is 8.58. The van der Waals surface area contributed by atoms with Crippen molar-refractivity contribution in [3.63, 3.8) is 0 Å². The number of aliphatic hydroxyl groups excluding tert-OH is 1. The highest BCUT2D eigenvalue weighted by Gasteiger charge is 2.36. The summed E-state index contributed by atoms with van der Waals surface area (Å²) in [6.45, 7) is 6.35. The molecule has 0 aromatic heterocycles. The van der Waals surface area contributed by atoms with Crippen molar-refractivity contribution >= 4 is 10.0 Å². The Morgan fingerprint density at radius 1 is 1.30 bits per heavy atom. The van der Waals surface area contributed by atoms with Gasteiger partial charge in [0.25, 0.3) is 0 Å². The largest absolute Gasteiger partial charge is 0.389 e. The molecule has 2 atom stereocenters. The maximum Gasteiger partial charge on any atom is 0.243 e. The van der Waals surface area contributed by atoms with Crippen LogP contribution in [-0.4, -0.2) is 30.4 Å². The number of hydrogen-bond acceptors (Lipinski definition) is 3. The van der Waals surface area contributed by atoms with E-state index in [9.17, 15) is 13.5 Å². The monoisotopic (exact) mass is 297 g/mol. The molecule has 1 aliphatic rings. The summed E-state index contributed by atoms with van der Waals surface area (Å²) in [5.74, 6) is 0.312. The van der Waals surface area contributed by atoms with Crippen molar-refractivity contribution in [2.24, 2.45) is 5.92 Å². The topological polar surface area (TPSA) is 57.6 Å². The Kier molecular flexibility index (Phi) is 4.52. The van der Waals surface area contributed by atoms with Gasteiger partial charge in [0.15, 0.2) is 0 Å². The van der Waals surface area contributed by atoms with Crippen molar-refractivity contribution in [3.05, 3.63) is 29.8 Å². The van der Waals surface area contributed by atoms with Crippen molar-refractivity contribution in [2.45, 2.75) is 50.7 Å². The number of aliphatic hydroxyl groups is 1. The van der Waals surface area contributed by atoms with Crippen LogP contribution in [0.5, 0.6) is 0 Å². The zero-order chi connectivity index (χ0) is 14.9. The summed E-state index contributed by atoms with van der Waals surface area (Å²) in [6, 6.07) is 6.70. The highest BCUT2D eigenvalue weighted by molar-refractivity contribution is 7.89. The fourth-order valence-electron chi connectivity index (χ4n) is 2.80. The van der Waals surface area contributed by atoms with Crippen LogP contribution in [0, 0.1) is 5.92 Å². The van der Waals surface area contributed by atoms with E-state index in [0.717, 1.165) is 12.8 Å². The lowest BCUT2D eigenvalue weighted by molar-refractivity contribution is 0.199. The predicted octanol–water partition coefficient (Wildman–Crippen LogP) is 2.55. The van der Waals surface area contributed by atoms with Crippen LogP contribution >= 0.6 is 0 Å². The van der Waals surface area contributed by atoms with Crippen LogP contribution in [0.25, 0.3) is 0 Å². The van der Waals surface area contributed by atoms with Crippen molar-refractivity contribution in [3.8, 4) is 0 Å². The number of benzene rings is 1. The maximum absolute atomic E-state index is 12.8. The van der Waals surface area contributed by atoms with Crippen molar-refractivity contribution in [1.29, 1.82) is 0 Å². The van der Waals surface area contributed by atoms with E-state index < -0.39 is 16.1 Å². The van der Waals surface area contributed by atoms with Crippen LogP contribution in [0.15, 0.2) is 29.2 Å². The molecule has 0 radical (unpaired) electrons. The third-order valence-corrected chi connectivity index (χ3v) is 5.89. The van der Waals surface area contributed by atoms with Crippen molar-refractivity contribution in [2.75, 3.05) is 6.54 Å². The van der Waals surface area contributed by atoms with E-state index >= 15 is 0 Å². The van der Waals surface area contributed by atoms with Crippen molar-refractivity contribution in [1.82, 2.24) is 4.31 Å². The van der Waals surface area contributed by atoms with E-state index in [4.69, 9.17) is 0 Å². The molecule has 0 aliphatic carbocycles. The molecule has 1 N–H and O–H groups in total. The molecule has 0 bridgehead atoms. The van der Waals surface area contributed by atoms with Gasteiger partial charge >= 0.3 is 0 Å². The molecule has 0 spiro atoms. The first-order chi connectivity index (χ1) is 9.34. The SMILES string of the molecule is CC(O)c1cccc(S(=O)(=O)N2CCCC2C(C)C)c1. The molecular formula is C15H23NO3S. The standard InChI is InChI=1S/C15H23NO3S/c1-11(2)15-8-5-9-16(15)20(18,19)14-7-4-6-13(10-14)12(3)17/h4,6-7,10-12,15,17H,5,8-9H2,1-3H3. The molecule has 1 aromatic carbocycles. The number of sulfonamides is 1. The highest BCUT2D eigenvalue weighted by atomic mass is 32.2. The van der Waals surface area contributed by atoms with Crippen LogP contribution in [0.3, 0.4) is 0 Å². The zero-order valence-corrected chi connectivity index (χ0v) is 13.1. The second kappa shape index (κ2) is 5.84. The number of nitrogens with zero attached hydrogens (tertiary/aromatic N) is 1. The predicted molar refractivity (Wildman–Crippen MR) is 78.8 cm³/mol. The molecule has 0 saturated carbocycles. The molecular weight excluding hydrogens is 274 g/mol. The Morgan fingerprint density at radius 2 is 2.00 bits per heavy atom. The van der Waals surface area contributed by atoms with E-state index in [2.05, 4.69) is 13.8 Å². The summed E-state index contributed by atoms with van der Waals surface area (Å²) in [5.41, 5.74) is 0.631. The molecule has 1 heterocycles. The second-order valence-electron chi connectivity index (χ2n) is 5.82. The Balaban J connectivity index is 2.37. The summed E-state index contributed by atoms with van der Waals surface area (Å²) in [4.78, 5) is 0.281. The van der Waals surface area contributed by atoms with E-state index in [-0.39, 0.29) is 10.9 Å². The van der Waals surface area contributed by atoms with Gasteiger partial charge in [-0.3, -0.25) is 0 Å².